The number of likely N-dealkylation sites (tertiary alicyclic amines) is 1. The van der Waals surface area contributed by atoms with E-state index in [9.17, 15) is 4.79 Å². The number of hydrogen-bond donors (Lipinski definition) is 2. The summed E-state index contributed by atoms with van der Waals surface area (Å²) in [5, 5.41) is 6.22. The zero-order valence-corrected chi connectivity index (χ0v) is 18.3. The zero-order valence-electron chi connectivity index (χ0n) is 16.0. The normalized spacial score (nSPS) is 15.3. The SMILES string of the molecule is CCNC(=O)c1ccc(CNC(=NC)N2CCC(OCC)CC2)cc1.I. The number of guanidine groups is 1. The fraction of sp³-hybridized carbons (Fsp3) is 0.579. The Hall–Kier alpha value is -1.35. The van der Waals surface area contributed by atoms with Gasteiger partial charge in [-0.05, 0) is 44.4 Å². The third kappa shape index (κ3) is 6.75. The van der Waals surface area contributed by atoms with Gasteiger partial charge in [-0.3, -0.25) is 9.79 Å². The van der Waals surface area contributed by atoms with Gasteiger partial charge in [-0.2, -0.15) is 0 Å². The van der Waals surface area contributed by atoms with E-state index in [-0.39, 0.29) is 29.9 Å². The summed E-state index contributed by atoms with van der Waals surface area (Å²) in [4.78, 5) is 18.5. The highest BCUT2D eigenvalue weighted by Crippen LogP contribution is 2.14. The maximum atomic E-state index is 11.8. The highest BCUT2D eigenvalue weighted by molar-refractivity contribution is 14.0. The molecule has 0 spiro atoms. The quantitative estimate of drug-likeness (QED) is 0.378. The van der Waals surface area contributed by atoms with Crippen molar-refractivity contribution < 1.29 is 9.53 Å². The van der Waals surface area contributed by atoms with Crippen LogP contribution in [0.4, 0.5) is 0 Å². The molecule has 1 aromatic carbocycles. The number of carbonyl (C=O) groups excluding carboxylic acids is 1. The van der Waals surface area contributed by atoms with Crippen molar-refractivity contribution in [3.8, 4) is 0 Å². The van der Waals surface area contributed by atoms with Crippen LogP contribution in [-0.4, -0.2) is 56.2 Å². The molecule has 0 radical (unpaired) electrons. The Balaban J connectivity index is 0.00000338. The van der Waals surface area contributed by atoms with Gasteiger partial charge in [-0.25, -0.2) is 0 Å². The molecule has 0 unspecified atom stereocenters. The van der Waals surface area contributed by atoms with Crippen molar-refractivity contribution in [2.24, 2.45) is 4.99 Å². The number of nitrogens with one attached hydrogen (secondary N) is 2. The number of ether oxygens (including phenoxy) is 1. The molecule has 1 amide bonds. The Morgan fingerprint density at radius 1 is 1.19 bits per heavy atom. The van der Waals surface area contributed by atoms with Gasteiger partial charge in [0.2, 0.25) is 0 Å². The van der Waals surface area contributed by atoms with Crippen LogP contribution < -0.4 is 10.6 Å². The first-order valence-electron chi connectivity index (χ1n) is 9.12. The molecule has 0 aromatic heterocycles. The van der Waals surface area contributed by atoms with E-state index in [4.69, 9.17) is 4.74 Å². The predicted molar refractivity (Wildman–Crippen MR) is 116 cm³/mol. The second-order valence-electron chi connectivity index (χ2n) is 6.10. The van der Waals surface area contributed by atoms with Gasteiger partial charge >= 0.3 is 0 Å². The summed E-state index contributed by atoms with van der Waals surface area (Å²) in [6.07, 6.45) is 2.45. The highest BCUT2D eigenvalue weighted by atomic mass is 127. The fourth-order valence-electron chi connectivity index (χ4n) is 3.02. The molecule has 146 valence electrons. The number of hydrogen-bond acceptors (Lipinski definition) is 3. The lowest BCUT2D eigenvalue weighted by Gasteiger charge is -2.34. The van der Waals surface area contributed by atoms with Gasteiger partial charge in [-0.15, -0.1) is 24.0 Å². The molecule has 1 aromatic rings. The Morgan fingerprint density at radius 2 is 1.85 bits per heavy atom. The van der Waals surface area contributed by atoms with Gasteiger partial charge < -0.3 is 20.3 Å². The molecule has 1 saturated heterocycles. The molecule has 1 aliphatic heterocycles. The van der Waals surface area contributed by atoms with Crippen molar-refractivity contribution >= 4 is 35.8 Å². The molecule has 7 heteroatoms. The molecule has 0 saturated carbocycles. The molecule has 6 nitrogen and oxygen atoms in total. The van der Waals surface area contributed by atoms with Gasteiger partial charge in [0, 0.05) is 45.4 Å². The summed E-state index contributed by atoms with van der Waals surface area (Å²) >= 11 is 0. The van der Waals surface area contributed by atoms with Crippen molar-refractivity contribution in [1.29, 1.82) is 0 Å². The number of rotatable bonds is 6. The molecular formula is C19H31IN4O2. The minimum Gasteiger partial charge on any atom is -0.378 e. The lowest BCUT2D eigenvalue weighted by Crippen LogP contribution is -2.46. The minimum atomic E-state index is -0.0324. The third-order valence-electron chi connectivity index (χ3n) is 4.36. The van der Waals surface area contributed by atoms with Gasteiger partial charge in [0.1, 0.15) is 0 Å². The van der Waals surface area contributed by atoms with Crippen molar-refractivity contribution in [3.63, 3.8) is 0 Å². The van der Waals surface area contributed by atoms with Gasteiger partial charge in [0.25, 0.3) is 5.91 Å². The van der Waals surface area contributed by atoms with Crippen molar-refractivity contribution in [2.75, 3.05) is 33.3 Å². The highest BCUT2D eigenvalue weighted by Gasteiger charge is 2.21. The molecule has 1 aliphatic rings. The molecule has 26 heavy (non-hydrogen) atoms. The summed E-state index contributed by atoms with van der Waals surface area (Å²) in [6, 6.07) is 7.68. The van der Waals surface area contributed by atoms with Gasteiger partial charge in [0.15, 0.2) is 5.96 Å². The average Bonchev–Trinajstić information content (AvgIpc) is 2.64. The molecule has 2 N–H and O–H groups in total. The smallest absolute Gasteiger partial charge is 0.251 e. The van der Waals surface area contributed by atoms with E-state index in [1.54, 1.807) is 0 Å². The second kappa shape index (κ2) is 12.1. The summed E-state index contributed by atoms with van der Waals surface area (Å²) < 4.78 is 5.70. The Bertz CT molecular complexity index is 569. The third-order valence-corrected chi connectivity index (χ3v) is 4.36. The Kier molecular flexibility index (Phi) is 10.6. The van der Waals surface area contributed by atoms with E-state index in [2.05, 4.69) is 20.5 Å². The maximum absolute atomic E-state index is 11.8. The van der Waals surface area contributed by atoms with Crippen molar-refractivity contribution in [2.45, 2.75) is 39.3 Å². The van der Waals surface area contributed by atoms with Crippen LogP contribution in [-0.2, 0) is 11.3 Å². The number of benzene rings is 1. The standard InChI is InChI=1S/C19H30N4O2.HI/c1-4-21-18(24)16-8-6-15(7-9-16)14-22-19(20-3)23-12-10-17(11-13-23)25-5-2;/h6-9,17H,4-5,10-14H2,1-3H3,(H,20,22)(H,21,24);1H. The summed E-state index contributed by atoms with van der Waals surface area (Å²) in [5.74, 6) is 0.887. The van der Waals surface area contributed by atoms with Crippen LogP contribution in [0.15, 0.2) is 29.3 Å². The summed E-state index contributed by atoms with van der Waals surface area (Å²) in [7, 11) is 1.81. The Morgan fingerprint density at radius 3 is 2.38 bits per heavy atom. The topological polar surface area (TPSA) is 66.0 Å². The van der Waals surface area contributed by atoms with Crippen LogP contribution in [0.25, 0.3) is 0 Å². The average molecular weight is 474 g/mol. The largest absolute Gasteiger partial charge is 0.378 e. The minimum absolute atomic E-state index is 0. The molecule has 0 bridgehead atoms. The van der Waals surface area contributed by atoms with Crippen LogP contribution in [0.3, 0.4) is 0 Å². The van der Waals surface area contributed by atoms with Crippen LogP contribution in [0.1, 0.15) is 42.6 Å². The molecule has 1 fully saturated rings. The molecular weight excluding hydrogens is 443 g/mol. The number of nitrogens with zero attached hydrogens (tertiary/aromatic N) is 2. The number of piperidine rings is 1. The van der Waals surface area contributed by atoms with E-state index in [1.165, 1.54) is 0 Å². The van der Waals surface area contributed by atoms with E-state index < -0.39 is 0 Å². The predicted octanol–water partition coefficient (Wildman–Crippen LogP) is 2.63. The van der Waals surface area contributed by atoms with Gasteiger partial charge in [-0.1, -0.05) is 12.1 Å². The number of carbonyl (C=O) groups is 1. The lowest BCUT2D eigenvalue weighted by molar-refractivity contribution is 0.0263. The Labute approximate surface area is 173 Å². The van der Waals surface area contributed by atoms with E-state index in [1.807, 2.05) is 45.2 Å². The fourth-order valence-corrected chi connectivity index (χ4v) is 3.02. The maximum Gasteiger partial charge on any atom is 0.251 e. The van der Waals surface area contributed by atoms with Crippen LogP contribution >= 0.6 is 24.0 Å². The first kappa shape index (κ1) is 22.7. The molecule has 2 rings (SSSR count). The van der Waals surface area contributed by atoms with Crippen LogP contribution in [0.2, 0.25) is 0 Å². The molecule has 0 aliphatic carbocycles. The monoisotopic (exact) mass is 474 g/mol. The second-order valence-corrected chi connectivity index (χ2v) is 6.10. The van der Waals surface area contributed by atoms with E-state index >= 15 is 0 Å². The summed E-state index contributed by atoms with van der Waals surface area (Å²) in [5.41, 5.74) is 1.81. The lowest BCUT2D eigenvalue weighted by atomic mass is 10.1. The molecule has 1 heterocycles. The van der Waals surface area contributed by atoms with Crippen LogP contribution in [0.5, 0.6) is 0 Å². The molecule has 0 atom stereocenters. The van der Waals surface area contributed by atoms with E-state index in [0.717, 1.165) is 44.1 Å². The first-order chi connectivity index (χ1) is 12.2. The first-order valence-corrected chi connectivity index (χ1v) is 9.12. The van der Waals surface area contributed by atoms with Crippen molar-refractivity contribution in [3.05, 3.63) is 35.4 Å². The zero-order chi connectivity index (χ0) is 18.1. The van der Waals surface area contributed by atoms with E-state index in [0.29, 0.717) is 24.8 Å². The van der Waals surface area contributed by atoms with Crippen molar-refractivity contribution in [1.82, 2.24) is 15.5 Å². The number of amides is 1. The van der Waals surface area contributed by atoms with Crippen LogP contribution in [0, 0.1) is 0 Å². The number of halogens is 1. The van der Waals surface area contributed by atoms with Gasteiger partial charge in [0.05, 0.1) is 6.10 Å². The number of aliphatic imine (C=N–C) groups is 1. The summed E-state index contributed by atoms with van der Waals surface area (Å²) in [6.45, 7) is 7.99.